The summed E-state index contributed by atoms with van der Waals surface area (Å²) in [5.41, 5.74) is 2.93. The van der Waals surface area contributed by atoms with Crippen molar-refractivity contribution in [1.82, 2.24) is 24.5 Å². The SMILES string of the molecule is CCCCCCCCN(CCCCCCCC)c1nc2nc(-c3nc4cccnc4n3-c3ccccc3)oc2o1. The highest BCUT2D eigenvalue weighted by Crippen LogP contribution is 2.31. The highest BCUT2D eigenvalue weighted by Gasteiger charge is 2.24. The fourth-order valence-corrected chi connectivity index (χ4v) is 5.21. The summed E-state index contributed by atoms with van der Waals surface area (Å²) in [7, 11) is 0. The van der Waals surface area contributed by atoms with Crippen molar-refractivity contribution in [1.29, 1.82) is 0 Å². The largest absolute Gasteiger partial charge is 0.400 e. The van der Waals surface area contributed by atoms with Crippen LogP contribution in [0.4, 0.5) is 6.01 Å². The van der Waals surface area contributed by atoms with Gasteiger partial charge in [0.25, 0.3) is 5.89 Å². The summed E-state index contributed by atoms with van der Waals surface area (Å²) >= 11 is 0. The van der Waals surface area contributed by atoms with E-state index in [-0.39, 0.29) is 0 Å². The molecule has 212 valence electrons. The number of oxazole rings is 2. The molecule has 0 spiro atoms. The van der Waals surface area contributed by atoms with Gasteiger partial charge in [0.2, 0.25) is 11.5 Å². The van der Waals surface area contributed by atoms with E-state index in [1.165, 1.54) is 64.2 Å². The summed E-state index contributed by atoms with van der Waals surface area (Å²) in [5, 5.41) is 0. The number of pyridine rings is 1. The van der Waals surface area contributed by atoms with Crippen molar-refractivity contribution in [2.45, 2.75) is 90.9 Å². The highest BCUT2D eigenvalue weighted by atomic mass is 16.5. The summed E-state index contributed by atoms with van der Waals surface area (Å²) in [6.07, 6.45) is 16.9. The Morgan fingerprint density at radius 1 is 0.700 bits per heavy atom. The first-order valence-electron chi connectivity index (χ1n) is 15.2. The average molecular weight is 543 g/mol. The average Bonchev–Trinajstić information content (AvgIpc) is 3.67. The van der Waals surface area contributed by atoms with Crippen molar-refractivity contribution < 1.29 is 8.83 Å². The third-order valence-corrected chi connectivity index (χ3v) is 7.42. The quantitative estimate of drug-likeness (QED) is 0.109. The number of rotatable bonds is 17. The van der Waals surface area contributed by atoms with Crippen molar-refractivity contribution in [3.63, 3.8) is 0 Å². The van der Waals surface area contributed by atoms with Crippen LogP contribution in [0, 0.1) is 0 Å². The van der Waals surface area contributed by atoms with E-state index >= 15 is 0 Å². The Hall–Kier alpha value is -3.68. The van der Waals surface area contributed by atoms with Crippen LogP contribution < -0.4 is 4.90 Å². The fourth-order valence-electron chi connectivity index (χ4n) is 5.21. The van der Waals surface area contributed by atoms with Gasteiger partial charge >= 0.3 is 11.8 Å². The Bertz CT molecular complexity index is 1410. The minimum atomic E-state index is 0.334. The molecule has 0 aliphatic rings. The van der Waals surface area contributed by atoms with Crippen molar-refractivity contribution in [2.75, 3.05) is 18.0 Å². The molecule has 0 saturated heterocycles. The van der Waals surface area contributed by atoms with Crippen LogP contribution in [0.3, 0.4) is 0 Å². The molecule has 4 aromatic heterocycles. The normalized spacial score (nSPS) is 11.7. The second kappa shape index (κ2) is 14.1. The van der Waals surface area contributed by atoms with E-state index in [9.17, 15) is 0 Å². The lowest BCUT2D eigenvalue weighted by Gasteiger charge is -2.20. The van der Waals surface area contributed by atoms with Crippen LogP contribution in [-0.2, 0) is 0 Å². The Morgan fingerprint density at radius 2 is 1.38 bits per heavy atom. The van der Waals surface area contributed by atoms with Crippen LogP contribution in [-0.4, -0.2) is 37.6 Å². The molecule has 0 unspecified atom stereocenters. The number of anilines is 1. The highest BCUT2D eigenvalue weighted by molar-refractivity contribution is 5.79. The van der Waals surface area contributed by atoms with Crippen LogP contribution >= 0.6 is 0 Å². The molecule has 8 heteroatoms. The van der Waals surface area contributed by atoms with Gasteiger partial charge < -0.3 is 13.7 Å². The summed E-state index contributed by atoms with van der Waals surface area (Å²) in [4.78, 5) is 21.1. The summed E-state index contributed by atoms with van der Waals surface area (Å²) in [6, 6.07) is 14.4. The van der Waals surface area contributed by atoms with Crippen LogP contribution in [0.25, 0.3) is 40.0 Å². The van der Waals surface area contributed by atoms with Gasteiger partial charge in [-0.1, -0.05) is 96.3 Å². The zero-order valence-corrected chi connectivity index (χ0v) is 24.0. The second-order valence-electron chi connectivity index (χ2n) is 10.6. The van der Waals surface area contributed by atoms with Gasteiger partial charge in [0.1, 0.15) is 5.52 Å². The number of imidazole rings is 1. The van der Waals surface area contributed by atoms with Crippen molar-refractivity contribution in [3.05, 3.63) is 48.7 Å². The minimum Gasteiger partial charge on any atom is -0.400 e. The number of aromatic nitrogens is 5. The van der Waals surface area contributed by atoms with Crippen LogP contribution in [0.1, 0.15) is 90.9 Å². The molecule has 0 bridgehead atoms. The van der Waals surface area contributed by atoms with Crippen LogP contribution in [0.15, 0.2) is 57.5 Å². The van der Waals surface area contributed by atoms with E-state index in [4.69, 9.17) is 23.8 Å². The molecule has 0 aliphatic heterocycles. The maximum absolute atomic E-state index is 6.18. The van der Waals surface area contributed by atoms with E-state index in [2.05, 4.69) is 23.7 Å². The van der Waals surface area contributed by atoms with Gasteiger partial charge in [-0.25, -0.2) is 9.97 Å². The number of hydrogen-bond acceptors (Lipinski definition) is 7. The molecule has 4 heterocycles. The topological polar surface area (TPSA) is 86.0 Å². The van der Waals surface area contributed by atoms with Crippen molar-refractivity contribution in [2.24, 2.45) is 0 Å². The Balaban J connectivity index is 1.35. The minimum absolute atomic E-state index is 0.334. The molecule has 0 amide bonds. The first-order chi connectivity index (χ1) is 19.8. The van der Waals surface area contributed by atoms with E-state index in [1.807, 2.05) is 47.0 Å². The molecule has 0 aliphatic carbocycles. The zero-order valence-electron chi connectivity index (χ0n) is 24.0. The molecule has 0 N–H and O–H groups in total. The summed E-state index contributed by atoms with van der Waals surface area (Å²) in [5.74, 6) is 1.28. The van der Waals surface area contributed by atoms with Gasteiger partial charge in [-0.3, -0.25) is 4.57 Å². The Labute approximate surface area is 236 Å². The molecule has 5 rings (SSSR count). The first kappa shape index (κ1) is 27.9. The van der Waals surface area contributed by atoms with Crippen LogP contribution in [0.5, 0.6) is 0 Å². The van der Waals surface area contributed by atoms with Gasteiger partial charge in [0, 0.05) is 25.0 Å². The number of fused-ring (bicyclic) bond motifs is 2. The second-order valence-corrected chi connectivity index (χ2v) is 10.6. The molecule has 5 aromatic rings. The Kier molecular flexibility index (Phi) is 9.82. The number of nitrogens with zero attached hydrogens (tertiary/aromatic N) is 6. The lowest BCUT2D eigenvalue weighted by Crippen LogP contribution is -2.26. The van der Waals surface area contributed by atoms with Crippen LogP contribution in [0.2, 0.25) is 0 Å². The predicted octanol–water partition coefficient (Wildman–Crippen LogP) is 8.74. The van der Waals surface area contributed by atoms with Gasteiger partial charge in [-0.15, -0.1) is 0 Å². The summed E-state index contributed by atoms with van der Waals surface area (Å²) in [6.45, 7) is 6.39. The lowest BCUT2D eigenvalue weighted by atomic mass is 10.1. The number of benzene rings is 1. The van der Waals surface area contributed by atoms with E-state index in [0.29, 0.717) is 29.2 Å². The number of unbranched alkanes of at least 4 members (excludes halogenated alkanes) is 10. The van der Waals surface area contributed by atoms with E-state index in [1.54, 1.807) is 6.20 Å². The molecule has 40 heavy (non-hydrogen) atoms. The maximum Gasteiger partial charge on any atom is 0.341 e. The smallest absolute Gasteiger partial charge is 0.341 e. The molecule has 0 fully saturated rings. The molecule has 0 atom stereocenters. The zero-order chi connectivity index (χ0) is 27.6. The third-order valence-electron chi connectivity index (χ3n) is 7.42. The number of hydrogen-bond donors (Lipinski definition) is 0. The van der Waals surface area contributed by atoms with Gasteiger partial charge in [0.05, 0.1) is 0 Å². The van der Waals surface area contributed by atoms with Crippen molar-refractivity contribution >= 4 is 28.6 Å². The van der Waals surface area contributed by atoms with Gasteiger partial charge in [0.15, 0.2) is 5.65 Å². The van der Waals surface area contributed by atoms with Gasteiger partial charge in [-0.2, -0.15) is 9.97 Å². The molecule has 0 radical (unpaired) electrons. The number of para-hydroxylation sites is 1. The van der Waals surface area contributed by atoms with Crippen molar-refractivity contribution in [3.8, 4) is 17.4 Å². The predicted molar refractivity (Wildman–Crippen MR) is 161 cm³/mol. The van der Waals surface area contributed by atoms with E-state index in [0.717, 1.165) is 42.8 Å². The lowest BCUT2D eigenvalue weighted by molar-refractivity contribution is 0.461. The molecular weight excluding hydrogens is 500 g/mol. The van der Waals surface area contributed by atoms with Gasteiger partial charge in [-0.05, 0) is 37.1 Å². The fraction of sp³-hybridized carbons (Fsp3) is 0.500. The molecular formula is C32H42N6O2. The molecule has 8 nitrogen and oxygen atoms in total. The summed E-state index contributed by atoms with van der Waals surface area (Å²) < 4.78 is 14.3. The molecule has 0 saturated carbocycles. The van der Waals surface area contributed by atoms with E-state index < -0.39 is 0 Å². The standard InChI is InChI=1S/C32H42N6O2/c1-3-5-7-9-11-16-23-37(24-17-12-10-8-6-4-2)32-36-27-31(40-32)39-30(35-27)29-34-26-21-18-22-33-28(26)38(29)25-19-14-13-15-20-25/h13-15,18-22H,3-12,16-17,23-24H2,1-2H3. The maximum atomic E-state index is 6.18. The Morgan fingerprint density at radius 3 is 2.05 bits per heavy atom. The monoisotopic (exact) mass is 542 g/mol. The molecule has 1 aromatic carbocycles. The third kappa shape index (κ3) is 6.72. The first-order valence-corrected chi connectivity index (χ1v) is 15.2.